The van der Waals surface area contributed by atoms with E-state index in [0.29, 0.717) is 5.02 Å². The third-order valence-electron chi connectivity index (χ3n) is 3.22. The van der Waals surface area contributed by atoms with Gasteiger partial charge in [-0.05, 0) is 29.3 Å². The lowest BCUT2D eigenvalue weighted by atomic mass is 9.98. The van der Waals surface area contributed by atoms with E-state index in [1.165, 1.54) is 7.11 Å². The van der Waals surface area contributed by atoms with Gasteiger partial charge in [0.2, 0.25) is 5.91 Å². The van der Waals surface area contributed by atoms with Crippen molar-refractivity contribution in [3.05, 3.63) is 64.7 Å². The summed E-state index contributed by atoms with van der Waals surface area (Å²) in [4.78, 5) is 12.0. The van der Waals surface area contributed by atoms with Crippen LogP contribution in [0.25, 0.3) is 0 Å². The maximum atomic E-state index is 12.0. The van der Waals surface area contributed by atoms with E-state index in [2.05, 4.69) is 5.32 Å². The largest absolute Gasteiger partial charge is 0.497 e. The van der Waals surface area contributed by atoms with E-state index in [0.717, 1.165) is 16.9 Å². The summed E-state index contributed by atoms with van der Waals surface area (Å²) in [6.45, 7) is -0.00901. The summed E-state index contributed by atoms with van der Waals surface area (Å²) in [6, 6.07) is 14.6. The first kappa shape index (κ1) is 16.3. The molecular formula is C17H18ClNO3. The Bertz CT molecular complexity index is 645. The highest BCUT2D eigenvalue weighted by molar-refractivity contribution is 6.31. The lowest BCUT2D eigenvalue weighted by Crippen LogP contribution is -2.32. The van der Waals surface area contributed by atoms with E-state index in [-0.39, 0.29) is 18.6 Å². The zero-order valence-corrected chi connectivity index (χ0v) is 13.3. The van der Waals surface area contributed by atoms with Crippen LogP contribution in [0, 0.1) is 0 Å². The van der Waals surface area contributed by atoms with Crippen LogP contribution in [0.1, 0.15) is 17.2 Å². The van der Waals surface area contributed by atoms with E-state index in [4.69, 9.17) is 21.1 Å². The normalized spacial score (nSPS) is 11.8. The fraction of sp³-hybridized carbons (Fsp3) is 0.235. The van der Waals surface area contributed by atoms with Gasteiger partial charge in [-0.3, -0.25) is 4.79 Å². The fourth-order valence-corrected chi connectivity index (χ4v) is 2.45. The molecule has 1 amide bonds. The lowest BCUT2D eigenvalue weighted by Gasteiger charge is -2.21. The van der Waals surface area contributed by atoms with Crippen molar-refractivity contribution >= 4 is 17.5 Å². The smallest absolute Gasteiger partial charge is 0.246 e. The Labute approximate surface area is 135 Å². The van der Waals surface area contributed by atoms with Crippen LogP contribution in [0.3, 0.4) is 0 Å². The van der Waals surface area contributed by atoms with E-state index in [1.54, 1.807) is 13.2 Å². The molecule has 0 fully saturated rings. The number of rotatable bonds is 6. The Hall–Kier alpha value is -2.04. The van der Waals surface area contributed by atoms with Crippen LogP contribution >= 0.6 is 11.6 Å². The second kappa shape index (κ2) is 7.82. The summed E-state index contributed by atoms with van der Waals surface area (Å²) in [7, 11) is 3.09. The number of benzene rings is 2. The molecule has 2 rings (SSSR count). The highest BCUT2D eigenvalue weighted by Crippen LogP contribution is 2.29. The van der Waals surface area contributed by atoms with Gasteiger partial charge in [0.05, 0.1) is 13.2 Å². The van der Waals surface area contributed by atoms with Gasteiger partial charge in [0.25, 0.3) is 0 Å². The zero-order chi connectivity index (χ0) is 15.9. The molecule has 0 aliphatic heterocycles. The monoisotopic (exact) mass is 319 g/mol. The van der Waals surface area contributed by atoms with Crippen molar-refractivity contribution in [2.24, 2.45) is 0 Å². The summed E-state index contributed by atoms with van der Waals surface area (Å²) < 4.78 is 10.1. The molecule has 4 nitrogen and oxygen atoms in total. The molecule has 0 aromatic heterocycles. The summed E-state index contributed by atoms with van der Waals surface area (Å²) >= 11 is 6.29. The molecule has 22 heavy (non-hydrogen) atoms. The summed E-state index contributed by atoms with van der Waals surface area (Å²) in [5.74, 6) is 0.505. The summed E-state index contributed by atoms with van der Waals surface area (Å²) in [5.41, 5.74) is 1.71. The number of halogens is 1. The van der Waals surface area contributed by atoms with E-state index in [1.807, 2.05) is 42.5 Å². The Morgan fingerprint density at radius 3 is 2.64 bits per heavy atom. The van der Waals surface area contributed by atoms with Crippen molar-refractivity contribution in [3.63, 3.8) is 0 Å². The standard InChI is InChI=1S/C17H18ClNO3/c1-21-11-16(20)19-17(14-8-3-4-9-15(14)18)12-6-5-7-13(10-12)22-2/h3-10,17H,11H2,1-2H3,(H,19,20)/t17-/m1/s1. The van der Waals surface area contributed by atoms with Crippen LogP contribution in [0.2, 0.25) is 5.02 Å². The van der Waals surface area contributed by atoms with Crippen molar-refractivity contribution in [1.82, 2.24) is 5.32 Å². The molecule has 0 radical (unpaired) electrons. The molecular weight excluding hydrogens is 302 g/mol. The molecule has 0 aliphatic carbocycles. The van der Waals surface area contributed by atoms with Crippen LogP contribution < -0.4 is 10.1 Å². The Morgan fingerprint density at radius 1 is 1.18 bits per heavy atom. The number of hydrogen-bond acceptors (Lipinski definition) is 3. The molecule has 0 spiro atoms. The Kier molecular flexibility index (Phi) is 5.81. The van der Waals surface area contributed by atoms with Gasteiger partial charge >= 0.3 is 0 Å². The van der Waals surface area contributed by atoms with Crippen molar-refractivity contribution in [2.75, 3.05) is 20.8 Å². The molecule has 0 saturated carbocycles. The van der Waals surface area contributed by atoms with Crippen molar-refractivity contribution in [3.8, 4) is 5.75 Å². The first-order valence-corrected chi connectivity index (χ1v) is 7.20. The minimum atomic E-state index is -0.369. The highest BCUT2D eigenvalue weighted by Gasteiger charge is 2.19. The van der Waals surface area contributed by atoms with Gasteiger partial charge in [-0.1, -0.05) is 41.9 Å². The van der Waals surface area contributed by atoms with Gasteiger partial charge < -0.3 is 14.8 Å². The second-order valence-electron chi connectivity index (χ2n) is 4.73. The van der Waals surface area contributed by atoms with Gasteiger partial charge in [-0.25, -0.2) is 0 Å². The minimum absolute atomic E-state index is 0.00901. The SMILES string of the molecule is COCC(=O)N[C@H](c1cccc(OC)c1)c1ccccc1Cl. The highest BCUT2D eigenvalue weighted by atomic mass is 35.5. The molecule has 1 N–H and O–H groups in total. The summed E-state index contributed by atoms with van der Waals surface area (Å²) in [6.07, 6.45) is 0. The molecule has 2 aromatic rings. The minimum Gasteiger partial charge on any atom is -0.497 e. The van der Waals surface area contributed by atoms with Gasteiger partial charge in [0.1, 0.15) is 12.4 Å². The van der Waals surface area contributed by atoms with Gasteiger partial charge in [-0.2, -0.15) is 0 Å². The third-order valence-corrected chi connectivity index (χ3v) is 3.57. The maximum Gasteiger partial charge on any atom is 0.246 e. The number of carbonyl (C=O) groups excluding carboxylic acids is 1. The molecule has 0 bridgehead atoms. The van der Waals surface area contributed by atoms with Gasteiger partial charge in [0.15, 0.2) is 0 Å². The van der Waals surface area contributed by atoms with Crippen LogP contribution in [0.5, 0.6) is 5.75 Å². The lowest BCUT2D eigenvalue weighted by molar-refractivity contribution is -0.125. The van der Waals surface area contributed by atoms with Crippen molar-refractivity contribution in [1.29, 1.82) is 0 Å². The number of amides is 1. The number of ether oxygens (including phenoxy) is 2. The first-order chi connectivity index (χ1) is 10.7. The molecule has 0 aliphatic rings. The molecule has 0 heterocycles. The van der Waals surface area contributed by atoms with Gasteiger partial charge in [0, 0.05) is 12.1 Å². The molecule has 116 valence electrons. The fourth-order valence-electron chi connectivity index (χ4n) is 2.20. The second-order valence-corrected chi connectivity index (χ2v) is 5.14. The maximum absolute atomic E-state index is 12.0. The predicted molar refractivity (Wildman–Crippen MR) is 86.3 cm³/mol. The molecule has 1 atom stereocenters. The van der Waals surface area contributed by atoms with Crippen LogP contribution in [0.4, 0.5) is 0 Å². The van der Waals surface area contributed by atoms with Crippen LogP contribution in [-0.2, 0) is 9.53 Å². The Balaban J connectivity index is 2.40. The van der Waals surface area contributed by atoms with Crippen LogP contribution in [-0.4, -0.2) is 26.7 Å². The summed E-state index contributed by atoms with van der Waals surface area (Å²) in [5, 5.41) is 3.53. The van der Waals surface area contributed by atoms with E-state index in [9.17, 15) is 4.79 Å². The molecule has 0 saturated heterocycles. The van der Waals surface area contributed by atoms with Crippen molar-refractivity contribution in [2.45, 2.75) is 6.04 Å². The topological polar surface area (TPSA) is 47.6 Å². The zero-order valence-electron chi connectivity index (χ0n) is 12.5. The average Bonchev–Trinajstić information content (AvgIpc) is 2.54. The molecule has 2 aromatic carbocycles. The van der Waals surface area contributed by atoms with E-state index >= 15 is 0 Å². The average molecular weight is 320 g/mol. The van der Waals surface area contributed by atoms with Crippen molar-refractivity contribution < 1.29 is 14.3 Å². The molecule has 0 unspecified atom stereocenters. The number of hydrogen-bond donors (Lipinski definition) is 1. The number of nitrogens with one attached hydrogen (secondary N) is 1. The number of carbonyl (C=O) groups is 1. The Morgan fingerprint density at radius 2 is 1.95 bits per heavy atom. The predicted octanol–water partition coefficient (Wildman–Crippen LogP) is 3.20. The first-order valence-electron chi connectivity index (χ1n) is 6.82. The van der Waals surface area contributed by atoms with Crippen LogP contribution in [0.15, 0.2) is 48.5 Å². The number of methoxy groups -OCH3 is 2. The van der Waals surface area contributed by atoms with Gasteiger partial charge in [-0.15, -0.1) is 0 Å². The van der Waals surface area contributed by atoms with E-state index < -0.39 is 0 Å². The third kappa shape index (κ3) is 4.00. The quantitative estimate of drug-likeness (QED) is 0.889. The molecule has 5 heteroatoms.